The summed E-state index contributed by atoms with van der Waals surface area (Å²) in [4.78, 5) is 2.16. The van der Waals surface area contributed by atoms with E-state index in [2.05, 4.69) is 4.90 Å². The molecule has 1 atom stereocenters. The maximum atomic E-state index is 12.7. The summed E-state index contributed by atoms with van der Waals surface area (Å²) in [6, 6.07) is 4.14. The Morgan fingerprint density at radius 2 is 2.00 bits per heavy atom. The molecule has 0 N–H and O–H groups in total. The van der Waals surface area contributed by atoms with Crippen molar-refractivity contribution in [3.05, 3.63) is 34.9 Å². The number of likely N-dealkylation sites (N-methyl/N-ethyl adjacent to an activating group) is 1. The van der Waals surface area contributed by atoms with Crippen molar-refractivity contribution < 1.29 is 13.2 Å². The molecule has 0 saturated heterocycles. The van der Waals surface area contributed by atoms with Crippen LogP contribution < -0.4 is 0 Å². The summed E-state index contributed by atoms with van der Waals surface area (Å²) >= 11 is 0. The number of fused-ring (bicyclic) bond motifs is 1. The van der Waals surface area contributed by atoms with Crippen LogP contribution in [0.3, 0.4) is 0 Å². The van der Waals surface area contributed by atoms with E-state index in [9.17, 15) is 13.2 Å². The van der Waals surface area contributed by atoms with Crippen molar-refractivity contribution in [1.29, 1.82) is 0 Å². The van der Waals surface area contributed by atoms with Crippen molar-refractivity contribution in [3.63, 3.8) is 0 Å². The number of benzene rings is 1. The molecule has 1 heterocycles. The molecule has 0 amide bonds. The first-order valence-corrected chi connectivity index (χ1v) is 5.76. The Hall–Kier alpha value is -1.03. The van der Waals surface area contributed by atoms with E-state index in [1.165, 1.54) is 12.1 Å². The van der Waals surface area contributed by atoms with Crippen molar-refractivity contribution >= 4 is 0 Å². The highest BCUT2D eigenvalue weighted by molar-refractivity contribution is 5.37. The first-order chi connectivity index (χ1) is 7.88. The van der Waals surface area contributed by atoms with E-state index < -0.39 is 11.7 Å². The molecule has 0 aromatic heterocycles. The predicted octanol–water partition coefficient (Wildman–Crippen LogP) is 3.30. The number of rotatable bonds is 0. The van der Waals surface area contributed by atoms with Crippen molar-refractivity contribution in [2.45, 2.75) is 25.4 Å². The molecule has 1 aliphatic rings. The lowest BCUT2D eigenvalue weighted by atomic mass is 9.93. The van der Waals surface area contributed by atoms with E-state index in [0.29, 0.717) is 0 Å². The fourth-order valence-corrected chi connectivity index (χ4v) is 2.43. The van der Waals surface area contributed by atoms with Crippen LogP contribution in [-0.4, -0.2) is 25.0 Å². The van der Waals surface area contributed by atoms with Gasteiger partial charge >= 0.3 is 6.18 Å². The van der Waals surface area contributed by atoms with Gasteiger partial charge in [0.05, 0.1) is 5.56 Å². The first kappa shape index (κ1) is 12.4. The number of alkyl halides is 3. The maximum absolute atomic E-state index is 12.7. The van der Waals surface area contributed by atoms with Crippen LogP contribution in [0.5, 0.6) is 0 Å². The molecule has 1 aromatic rings. The van der Waals surface area contributed by atoms with Crippen molar-refractivity contribution in [2.75, 3.05) is 20.1 Å². The van der Waals surface area contributed by atoms with Gasteiger partial charge in [0, 0.05) is 13.1 Å². The molecule has 0 spiro atoms. The van der Waals surface area contributed by atoms with Gasteiger partial charge in [-0.15, -0.1) is 0 Å². The maximum Gasteiger partial charge on any atom is 0.416 e. The van der Waals surface area contributed by atoms with Gasteiger partial charge in [0.15, 0.2) is 0 Å². The summed E-state index contributed by atoms with van der Waals surface area (Å²) < 4.78 is 38.0. The first-order valence-electron chi connectivity index (χ1n) is 5.76. The highest BCUT2D eigenvalue weighted by Gasteiger charge is 2.31. The summed E-state index contributed by atoms with van der Waals surface area (Å²) in [7, 11) is 2.01. The molecular formula is C13H16F3N. The van der Waals surface area contributed by atoms with Crippen molar-refractivity contribution in [2.24, 2.45) is 0 Å². The Balaban J connectivity index is 2.41. The second-order valence-electron chi connectivity index (χ2n) is 4.82. The summed E-state index contributed by atoms with van der Waals surface area (Å²) in [5.41, 5.74) is 1.37. The summed E-state index contributed by atoms with van der Waals surface area (Å²) in [6.07, 6.45) is -3.42. The van der Waals surface area contributed by atoms with E-state index >= 15 is 0 Å². The Labute approximate surface area is 99.2 Å². The van der Waals surface area contributed by atoms with Crippen LogP contribution in [0.4, 0.5) is 13.2 Å². The highest BCUT2D eigenvalue weighted by Crippen LogP contribution is 2.33. The summed E-state index contributed by atoms with van der Waals surface area (Å²) in [6.45, 7) is 3.71. The fraction of sp³-hybridized carbons (Fsp3) is 0.538. The summed E-state index contributed by atoms with van der Waals surface area (Å²) in [5, 5.41) is 0. The molecule has 4 heteroatoms. The normalized spacial score (nSPS) is 22.1. The van der Waals surface area contributed by atoms with Crippen LogP contribution in [0.15, 0.2) is 18.2 Å². The van der Waals surface area contributed by atoms with Crippen LogP contribution >= 0.6 is 0 Å². The SMILES string of the molecule is CC1CN(C)CCc2ccc(C(F)(F)F)cc21. The molecule has 0 bridgehead atoms. The minimum Gasteiger partial charge on any atom is -0.305 e. The quantitative estimate of drug-likeness (QED) is 0.675. The minimum absolute atomic E-state index is 0.153. The third kappa shape index (κ3) is 2.63. The third-order valence-corrected chi connectivity index (χ3v) is 3.35. The molecule has 0 saturated carbocycles. The van der Waals surface area contributed by atoms with Crippen LogP contribution in [-0.2, 0) is 12.6 Å². The molecular weight excluding hydrogens is 227 g/mol. The lowest BCUT2D eigenvalue weighted by Crippen LogP contribution is -2.22. The molecule has 17 heavy (non-hydrogen) atoms. The lowest BCUT2D eigenvalue weighted by Gasteiger charge is -2.18. The zero-order valence-electron chi connectivity index (χ0n) is 10.0. The Kier molecular flexibility index (Phi) is 3.17. The van der Waals surface area contributed by atoms with Crippen LogP contribution in [0.25, 0.3) is 0 Å². The number of halogens is 3. The second kappa shape index (κ2) is 4.33. The van der Waals surface area contributed by atoms with Gasteiger partial charge in [-0.05, 0) is 42.6 Å². The van der Waals surface area contributed by atoms with Crippen LogP contribution in [0.2, 0.25) is 0 Å². The number of hydrogen-bond donors (Lipinski definition) is 0. The van der Waals surface area contributed by atoms with Crippen molar-refractivity contribution in [3.8, 4) is 0 Å². The fourth-order valence-electron chi connectivity index (χ4n) is 2.43. The van der Waals surface area contributed by atoms with E-state index in [0.717, 1.165) is 30.6 Å². The van der Waals surface area contributed by atoms with Crippen molar-refractivity contribution in [1.82, 2.24) is 4.90 Å². The molecule has 1 aliphatic heterocycles. The molecule has 1 nitrogen and oxygen atoms in total. The van der Waals surface area contributed by atoms with Crippen LogP contribution in [0.1, 0.15) is 29.5 Å². The monoisotopic (exact) mass is 243 g/mol. The van der Waals surface area contributed by atoms with Gasteiger partial charge in [0.25, 0.3) is 0 Å². The molecule has 2 rings (SSSR count). The largest absolute Gasteiger partial charge is 0.416 e. The van der Waals surface area contributed by atoms with E-state index in [1.807, 2.05) is 14.0 Å². The second-order valence-corrected chi connectivity index (χ2v) is 4.82. The van der Waals surface area contributed by atoms with E-state index in [4.69, 9.17) is 0 Å². The lowest BCUT2D eigenvalue weighted by molar-refractivity contribution is -0.137. The third-order valence-electron chi connectivity index (χ3n) is 3.35. The minimum atomic E-state index is -4.24. The Morgan fingerprint density at radius 1 is 1.29 bits per heavy atom. The topological polar surface area (TPSA) is 3.24 Å². The smallest absolute Gasteiger partial charge is 0.305 e. The Morgan fingerprint density at radius 3 is 2.65 bits per heavy atom. The molecule has 94 valence electrons. The highest BCUT2D eigenvalue weighted by atomic mass is 19.4. The van der Waals surface area contributed by atoms with Gasteiger partial charge < -0.3 is 4.90 Å². The van der Waals surface area contributed by atoms with Gasteiger partial charge in [-0.1, -0.05) is 13.0 Å². The van der Waals surface area contributed by atoms with Gasteiger partial charge in [-0.2, -0.15) is 13.2 Å². The molecule has 0 fully saturated rings. The standard InChI is InChI=1S/C13H16F3N/c1-9-8-17(2)6-5-10-3-4-11(7-12(9)10)13(14,15)16/h3-4,7,9H,5-6,8H2,1-2H3. The number of hydrogen-bond acceptors (Lipinski definition) is 1. The average Bonchev–Trinajstić information content (AvgIpc) is 2.37. The van der Waals surface area contributed by atoms with Gasteiger partial charge in [0.2, 0.25) is 0 Å². The predicted molar refractivity (Wildman–Crippen MR) is 61.1 cm³/mol. The Bertz CT molecular complexity index is 412. The summed E-state index contributed by atoms with van der Waals surface area (Å²) in [5.74, 6) is 0.153. The van der Waals surface area contributed by atoms with E-state index in [1.54, 1.807) is 6.07 Å². The molecule has 0 aliphatic carbocycles. The van der Waals surface area contributed by atoms with Gasteiger partial charge in [-0.3, -0.25) is 0 Å². The zero-order chi connectivity index (χ0) is 12.6. The molecule has 1 aromatic carbocycles. The van der Waals surface area contributed by atoms with Gasteiger partial charge in [0.1, 0.15) is 0 Å². The van der Waals surface area contributed by atoms with Gasteiger partial charge in [-0.25, -0.2) is 0 Å². The zero-order valence-corrected chi connectivity index (χ0v) is 10.0. The van der Waals surface area contributed by atoms with E-state index in [-0.39, 0.29) is 5.92 Å². The average molecular weight is 243 g/mol. The molecule has 1 unspecified atom stereocenters. The number of nitrogens with zero attached hydrogens (tertiary/aromatic N) is 1. The molecule has 0 radical (unpaired) electrons. The van der Waals surface area contributed by atoms with Crippen LogP contribution in [0, 0.1) is 0 Å².